The third-order valence-electron chi connectivity index (χ3n) is 3.34. The summed E-state index contributed by atoms with van der Waals surface area (Å²) in [5.74, 6) is -0.0149. The van der Waals surface area contributed by atoms with Crippen LogP contribution in [0.25, 0.3) is 0 Å². The van der Waals surface area contributed by atoms with E-state index in [4.69, 9.17) is 5.73 Å². The highest BCUT2D eigenvalue weighted by Crippen LogP contribution is 2.26. The molecule has 1 heterocycles. The van der Waals surface area contributed by atoms with Gasteiger partial charge in [0.15, 0.2) is 0 Å². The normalized spacial score (nSPS) is 18.2. The van der Waals surface area contributed by atoms with Crippen molar-refractivity contribution >= 4 is 5.91 Å². The number of amides is 1. The average molecular weight is 236 g/mol. The van der Waals surface area contributed by atoms with Crippen molar-refractivity contribution in [1.82, 2.24) is 15.1 Å². The van der Waals surface area contributed by atoms with Crippen LogP contribution in [0.2, 0.25) is 0 Å². The minimum Gasteiger partial charge on any atom is -0.353 e. The summed E-state index contributed by atoms with van der Waals surface area (Å²) < 4.78 is 1.83. The van der Waals surface area contributed by atoms with E-state index in [1.807, 2.05) is 24.0 Å². The first-order valence-corrected chi connectivity index (χ1v) is 6.16. The third-order valence-corrected chi connectivity index (χ3v) is 3.34. The van der Waals surface area contributed by atoms with Crippen molar-refractivity contribution in [2.45, 2.75) is 44.7 Å². The number of rotatable bonds is 4. The fraction of sp³-hybridized carbons (Fsp3) is 0.667. The number of aromatic nitrogens is 2. The number of hydrogen-bond acceptors (Lipinski definition) is 3. The molecule has 1 aromatic rings. The zero-order chi connectivity index (χ0) is 12.3. The number of aryl methyl sites for hydroxylation is 1. The average Bonchev–Trinajstić information content (AvgIpc) is 2.89. The molecule has 3 N–H and O–H groups in total. The molecule has 1 saturated carbocycles. The SMILES string of the molecule is Cc1cnn(CCNC(=O)C2(N)CCCC2)c1. The molecule has 0 bridgehead atoms. The molecule has 0 atom stereocenters. The minimum absolute atomic E-state index is 0.0149. The van der Waals surface area contributed by atoms with Crippen LogP contribution in [0.5, 0.6) is 0 Å². The van der Waals surface area contributed by atoms with E-state index in [0.717, 1.165) is 31.2 Å². The molecular weight excluding hydrogens is 216 g/mol. The van der Waals surface area contributed by atoms with E-state index >= 15 is 0 Å². The van der Waals surface area contributed by atoms with Crippen LogP contribution in [-0.4, -0.2) is 27.8 Å². The molecule has 0 radical (unpaired) electrons. The second kappa shape index (κ2) is 4.87. The maximum absolute atomic E-state index is 11.9. The lowest BCUT2D eigenvalue weighted by Gasteiger charge is -2.22. The predicted octanol–water partition coefficient (Wildman–Crippen LogP) is 0.579. The number of carbonyl (C=O) groups excluding carboxylic acids is 1. The third kappa shape index (κ3) is 2.85. The molecule has 1 aliphatic carbocycles. The fourth-order valence-corrected chi connectivity index (χ4v) is 2.28. The molecular formula is C12H20N4O. The highest BCUT2D eigenvalue weighted by atomic mass is 16.2. The van der Waals surface area contributed by atoms with Crippen molar-refractivity contribution in [3.63, 3.8) is 0 Å². The molecule has 0 aromatic carbocycles. The standard InChI is InChI=1S/C12H20N4O/c1-10-8-15-16(9-10)7-6-14-11(17)12(13)4-2-3-5-12/h8-9H,2-7,13H2,1H3,(H,14,17). The van der Waals surface area contributed by atoms with Gasteiger partial charge >= 0.3 is 0 Å². The van der Waals surface area contributed by atoms with Crippen molar-refractivity contribution in [2.24, 2.45) is 5.73 Å². The molecule has 1 fully saturated rings. The van der Waals surface area contributed by atoms with Gasteiger partial charge in [0.25, 0.3) is 0 Å². The lowest BCUT2D eigenvalue weighted by molar-refractivity contribution is -0.126. The molecule has 0 aliphatic heterocycles. The first-order chi connectivity index (χ1) is 8.10. The van der Waals surface area contributed by atoms with E-state index in [0.29, 0.717) is 13.1 Å². The van der Waals surface area contributed by atoms with Crippen LogP contribution in [0.1, 0.15) is 31.2 Å². The summed E-state index contributed by atoms with van der Waals surface area (Å²) in [5, 5.41) is 7.06. The summed E-state index contributed by atoms with van der Waals surface area (Å²) in [4.78, 5) is 11.9. The highest BCUT2D eigenvalue weighted by molar-refractivity contribution is 5.86. The van der Waals surface area contributed by atoms with Gasteiger partial charge in [0.05, 0.1) is 18.3 Å². The molecule has 0 unspecified atom stereocenters. The lowest BCUT2D eigenvalue weighted by Crippen LogP contribution is -2.52. The molecule has 0 spiro atoms. The highest BCUT2D eigenvalue weighted by Gasteiger charge is 2.36. The van der Waals surface area contributed by atoms with Crippen LogP contribution in [0, 0.1) is 6.92 Å². The Morgan fingerprint density at radius 2 is 2.29 bits per heavy atom. The molecule has 0 saturated heterocycles. The Morgan fingerprint density at radius 3 is 2.88 bits per heavy atom. The molecule has 2 rings (SSSR count). The maximum atomic E-state index is 11.9. The molecule has 1 amide bonds. The monoisotopic (exact) mass is 236 g/mol. The van der Waals surface area contributed by atoms with Gasteiger partial charge < -0.3 is 11.1 Å². The molecule has 5 nitrogen and oxygen atoms in total. The van der Waals surface area contributed by atoms with Crippen LogP contribution in [0.4, 0.5) is 0 Å². The summed E-state index contributed by atoms with van der Waals surface area (Å²) >= 11 is 0. The Balaban J connectivity index is 1.77. The Kier molecular flexibility index (Phi) is 3.47. The first kappa shape index (κ1) is 12.1. The van der Waals surface area contributed by atoms with Crippen molar-refractivity contribution in [1.29, 1.82) is 0 Å². The van der Waals surface area contributed by atoms with Gasteiger partial charge in [-0.15, -0.1) is 0 Å². The van der Waals surface area contributed by atoms with Gasteiger partial charge in [0, 0.05) is 12.7 Å². The molecule has 1 aliphatic rings. The van der Waals surface area contributed by atoms with E-state index in [9.17, 15) is 4.79 Å². The largest absolute Gasteiger partial charge is 0.353 e. The smallest absolute Gasteiger partial charge is 0.240 e. The van der Waals surface area contributed by atoms with Crippen molar-refractivity contribution < 1.29 is 4.79 Å². The molecule has 94 valence electrons. The molecule has 1 aromatic heterocycles. The van der Waals surface area contributed by atoms with E-state index in [1.165, 1.54) is 0 Å². The summed E-state index contributed by atoms with van der Waals surface area (Å²) in [6.07, 6.45) is 7.49. The van der Waals surface area contributed by atoms with E-state index < -0.39 is 5.54 Å². The number of nitrogens with zero attached hydrogens (tertiary/aromatic N) is 2. The van der Waals surface area contributed by atoms with Crippen LogP contribution < -0.4 is 11.1 Å². The number of hydrogen-bond donors (Lipinski definition) is 2. The zero-order valence-corrected chi connectivity index (χ0v) is 10.3. The van der Waals surface area contributed by atoms with Gasteiger partial charge in [0.1, 0.15) is 0 Å². The fourth-order valence-electron chi connectivity index (χ4n) is 2.28. The Bertz CT molecular complexity index is 393. The number of nitrogens with one attached hydrogen (secondary N) is 1. The minimum atomic E-state index is -0.625. The van der Waals surface area contributed by atoms with Crippen LogP contribution in [0.3, 0.4) is 0 Å². The van der Waals surface area contributed by atoms with Gasteiger partial charge in [-0.05, 0) is 25.3 Å². The van der Waals surface area contributed by atoms with Crippen molar-refractivity contribution in [3.8, 4) is 0 Å². The quantitative estimate of drug-likeness (QED) is 0.803. The molecule has 5 heteroatoms. The first-order valence-electron chi connectivity index (χ1n) is 6.16. The number of nitrogens with two attached hydrogens (primary N) is 1. The summed E-state index contributed by atoms with van der Waals surface area (Å²) in [6.45, 7) is 3.27. The van der Waals surface area contributed by atoms with Gasteiger partial charge in [-0.1, -0.05) is 12.8 Å². The second-order valence-electron chi connectivity index (χ2n) is 4.90. The summed E-state index contributed by atoms with van der Waals surface area (Å²) in [7, 11) is 0. The van der Waals surface area contributed by atoms with Gasteiger partial charge in [0.2, 0.25) is 5.91 Å². The summed E-state index contributed by atoms with van der Waals surface area (Å²) in [6, 6.07) is 0. The van der Waals surface area contributed by atoms with Crippen LogP contribution in [0.15, 0.2) is 12.4 Å². The van der Waals surface area contributed by atoms with E-state index in [2.05, 4.69) is 10.4 Å². The van der Waals surface area contributed by atoms with Crippen LogP contribution in [-0.2, 0) is 11.3 Å². The topological polar surface area (TPSA) is 72.9 Å². The Hall–Kier alpha value is -1.36. The van der Waals surface area contributed by atoms with E-state index in [1.54, 1.807) is 0 Å². The van der Waals surface area contributed by atoms with E-state index in [-0.39, 0.29) is 5.91 Å². The van der Waals surface area contributed by atoms with Gasteiger partial charge in [-0.25, -0.2) is 0 Å². The number of carbonyl (C=O) groups is 1. The van der Waals surface area contributed by atoms with Crippen molar-refractivity contribution in [3.05, 3.63) is 18.0 Å². The maximum Gasteiger partial charge on any atom is 0.240 e. The Labute approximate surface area is 101 Å². The van der Waals surface area contributed by atoms with Crippen molar-refractivity contribution in [2.75, 3.05) is 6.54 Å². The molecule has 17 heavy (non-hydrogen) atoms. The zero-order valence-electron chi connectivity index (χ0n) is 10.3. The Morgan fingerprint density at radius 1 is 1.59 bits per heavy atom. The van der Waals surface area contributed by atoms with Gasteiger partial charge in [-0.2, -0.15) is 5.10 Å². The predicted molar refractivity (Wildman–Crippen MR) is 65.4 cm³/mol. The van der Waals surface area contributed by atoms with Crippen LogP contribution >= 0.6 is 0 Å². The second-order valence-corrected chi connectivity index (χ2v) is 4.90. The summed E-state index contributed by atoms with van der Waals surface area (Å²) in [5.41, 5.74) is 6.55. The van der Waals surface area contributed by atoms with Gasteiger partial charge in [-0.3, -0.25) is 9.48 Å². The lowest BCUT2D eigenvalue weighted by atomic mass is 9.98.